The maximum atomic E-state index is 9.50. The number of benzene rings is 1. The number of phenolic OH excluding ortho intramolecular Hbond substituents is 1. The Morgan fingerprint density at radius 1 is 1.30 bits per heavy atom. The van der Waals surface area contributed by atoms with Crippen molar-refractivity contribution < 1.29 is 5.11 Å². The van der Waals surface area contributed by atoms with E-state index in [0.29, 0.717) is 10.8 Å². The third-order valence-corrected chi connectivity index (χ3v) is 3.79. The number of aromatic nitrogens is 2. The van der Waals surface area contributed by atoms with E-state index < -0.39 is 0 Å². The third kappa shape index (κ3) is 2.31. The number of rotatable bonds is 3. The Balaban J connectivity index is 2.09. The highest BCUT2D eigenvalue weighted by molar-refractivity contribution is 6.32. The molecule has 0 aliphatic heterocycles. The molecule has 3 rings (SSSR count). The van der Waals surface area contributed by atoms with Gasteiger partial charge >= 0.3 is 0 Å². The van der Waals surface area contributed by atoms with Crippen molar-refractivity contribution in [3.8, 4) is 17.1 Å². The molecule has 1 heterocycles. The van der Waals surface area contributed by atoms with Gasteiger partial charge in [-0.25, -0.2) is 9.97 Å². The van der Waals surface area contributed by atoms with Gasteiger partial charge in [0.2, 0.25) is 0 Å². The predicted molar refractivity (Wildman–Crippen MR) is 80.3 cm³/mol. The summed E-state index contributed by atoms with van der Waals surface area (Å²) in [7, 11) is 0. The number of nitrogens with one attached hydrogen (secondary N) is 1. The van der Waals surface area contributed by atoms with Crippen molar-refractivity contribution in [3.05, 3.63) is 34.5 Å². The summed E-state index contributed by atoms with van der Waals surface area (Å²) in [5, 5.41) is 13.1. The van der Waals surface area contributed by atoms with E-state index in [4.69, 9.17) is 11.6 Å². The lowest BCUT2D eigenvalue weighted by Crippen LogP contribution is -2.06. The van der Waals surface area contributed by atoms with Crippen LogP contribution < -0.4 is 5.32 Å². The quantitative estimate of drug-likeness (QED) is 0.909. The van der Waals surface area contributed by atoms with E-state index in [-0.39, 0.29) is 5.75 Å². The molecule has 20 heavy (non-hydrogen) atoms. The van der Waals surface area contributed by atoms with Crippen LogP contribution in [0.4, 0.5) is 5.82 Å². The van der Waals surface area contributed by atoms with Crippen molar-refractivity contribution in [2.45, 2.75) is 26.2 Å². The molecular weight excluding hydrogens is 274 g/mol. The van der Waals surface area contributed by atoms with Gasteiger partial charge in [0.25, 0.3) is 0 Å². The minimum absolute atomic E-state index is 0.0727. The van der Waals surface area contributed by atoms with E-state index in [9.17, 15) is 5.11 Å². The molecule has 0 spiro atoms. The summed E-state index contributed by atoms with van der Waals surface area (Å²) >= 11 is 5.96. The molecule has 1 aliphatic carbocycles. The van der Waals surface area contributed by atoms with Crippen LogP contribution in [0.15, 0.2) is 18.2 Å². The van der Waals surface area contributed by atoms with Gasteiger partial charge in [0.05, 0.1) is 5.02 Å². The zero-order valence-corrected chi connectivity index (χ0v) is 12.0. The van der Waals surface area contributed by atoms with Crippen molar-refractivity contribution in [2.24, 2.45) is 0 Å². The number of phenols is 1. The first kappa shape index (κ1) is 13.2. The number of hydrogen-bond acceptors (Lipinski definition) is 4. The summed E-state index contributed by atoms with van der Waals surface area (Å²) in [5.41, 5.74) is 3.18. The summed E-state index contributed by atoms with van der Waals surface area (Å²) in [6.07, 6.45) is 3.16. The van der Waals surface area contributed by atoms with Gasteiger partial charge in [-0.15, -0.1) is 0 Å². The normalized spacial score (nSPS) is 13.3. The van der Waals surface area contributed by atoms with Gasteiger partial charge in [0, 0.05) is 23.4 Å². The molecule has 0 radical (unpaired) electrons. The second-order valence-electron chi connectivity index (χ2n) is 4.87. The van der Waals surface area contributed by atoms with E-state index in [2.05, 4.69) is 22.2 Å². The molecule has 1 aromatic heterocycles. The summed E-state index contributed by atoms with van der Waals surface area (Å²) in [4.78, 5) is 9.26. The van der Waals surface area contributed by atoms with E-state index in [1.165, 1.54) is 5.56 Å². The van der Waals surface area contributed by atoms with Crippen LogP contribution in [0.2, 0.25) is 5.02 Å². The van der Waals surface area contributed by atoms with Crippen LogP contribution in [0.1, 0.15) is 24.6 Å². The smallest absolute Gasteiger partial charge is 0.161 e. The lowest BCUT2D eigenvalue weighted by atomic mass is 10.1. The van der Waals surface area contributed by atoms with E-state index >= 15 is 0 Å². The number of fused-ring (bicyclic) bond motifs is 1. The van der Waals surface area contributed by atoms with Crippen molar-refractivity contribution in [2.75, 3.05) is 11.9 Å². The van der Waals surface area contributed by atoms with E-state index in [1.807, 2.05) is 0 Å². The zero-order valence-electron chi connectivity index (χ0n) is 11.3. The number of aryl methyl sites for hydroxylation is 1. The van der Waals surface area contributed by atoms with Crippen LogP contribution >= 0.6 is 11.6 Å². The van der Waals surface area contributed by atoms with Crippen LogP contribution in [0.3, 0.4) is 0 Å². The number of hydrogen-bond donors (Lipinski definition) is 2. The Morgan fingerprint density at radius 2 is 2.15 bits per heavy atom. The van der Waals surface area contributed by atoms with Gasteiger partial charge in [0.15, 0.2) is 5.82 Å². The highest BCUT2D eigenvalue weighted by Gasteiger charge is 2.19. The zero-order chi connectivity index (χ0) is 14.1. The third-order valence-electron chi connectivity index (χ3n) is 3.48. The van der Waals surface area contributed by atoms with E-state index in [0.717, 1.165) is 42.9 Å². The molecule has 0 atom stereocenters. The molecule has 1 aliphatic rings. The molecule has 0 saturated carbocycles. The molecule has 0 amide bonds. The van der Waals surface area contributed by atoms with Crippen LogP contribution in [0, 0.1) is 0 Å². The monoisotopic (exact) mass is 289 g/mol. The molecule has 1 aromatic carbocycles. The molecule has 2 aromatic rings. The SMILES string of the molecule is CCNc1nc(-c2ccc(O)c(Cl)c2)nc2c1CCC2. The van der Waals surface area contributed by atoms with Gasteiger partial charge < -0.3 is 10.4 Å². The van der Waals surface area contributed by atoms with Crippen LogP contribution in [0.25, 0.3) is 11.4 Å². The Morgan fingerprint density at radius 3 is 2.90 bits per heavy atom. The second-order valence-corrected chi connectivity index (χ2v) is 5.28. The first-order valence-electron chi connectivity index (χ1n) is 6.81. The van der Waals surface area contributed by atoms with Gasteiger partial charge in [0.1, 0.15) is 11.6 Å². The number of aromatic hydroxyl groups is 1. The lowest BCUT2D eigenvalue weighted by molar-refractivity contribution is 0.475. The summed E-state index contributed by atoms with van der Waals surface area (Å²) < 4.78 is 0. The summed E-state index contributed by atoms with van der Waals surface area (Å²) in [6, 6.07) is 5.05. The van der Waals surface area contributed by atoms with E-state index in [1.54, 1.807) is 18.2 Å². The largest absolute Gasteiger partial charge is 0.506 e. The van der Waals surface area contributed by atoms with Crippen molar-refractivity contribution in [3.63, 3.8) is 0 Å². The molecule has 104 valence electrons. The number of nitrogens with zero attached hydrogens (tertiary/aromatic N) is 2. The maximum Gasteiger partial charge on any atom is 0.161 e. The molecular formula is C15H16ClN3O. The molecule has 5 heteroatoms. The minimum atomic E-state index is 0.0727. The molecule has 0 bridgehead atoms. The molecule has 0 fully saturated rings. The Bertz CT molecular complexity index is 658. The van der Waals surface area contributed by atoms with Gasteiger partial charge in [-0.1, -0.05) is 11.6 Å². The van der Waals surface area contributed by atoms with Crippen molar-refractivity contribution in [1.29, 1.82) is 0 Å². The van der Waals surface area contributed by atoms with Gasteiger partial charge in [-0.3, -0.25) is 0 Å². The highest BCUT2D eigenvalue weighted by Crippen LogP contribution is 2.32. The van der Waals surface area contributed by atoms with Gasteiger partial charge in [-0.2, -0.15) is 0 Å². The maximum absolute atomic E-state index is 9.50. The van der Waals surface area contributed by atoms with Crippen LogP contribution in [-0.2, 0) is 12.8 Å². The standard InChI is InChI=1S/C15H16ClN3O/c1-2-17-15-10-4-3-5-12(10)18-14(19-15)9-6-7-13(20)11(16)8-9/h6-8,20H,2-5H2,1H3,(H,17,18,19). The summed E-state index contributed by atoms with van der Waals surface area (Å²) in [6.45, 7) is 2.89. The first-order valence-corrected chi connectivity index (χ1v) is 7.19. The fraction of sp³-hybridized carbons (Fsp3) is 0.333. The van der Waals surface area contributed by atoms with Crippen molar-refractivity contribution in [1.82, 2.24) is 9.97 Å². The molecule has 2 N–H and O–H groups in total. The fourth-order valence-corrected chi connectivity index (χ4v) is 2.70. The van der Waals surface area contributed by atoms with Crippen LogP contribution in [0.5, 0.6) is 5.75 Å². The molecule has 0 saturated heterocycles. The Kier molecular flexibility index (Phi) is 3.49. The second kappa shape index (κ2) is 5.29. The highest BCUT2D eigenvalue weighted by atomic mass is 35.5. The number of halogens is 1. The first-order chi connectivity index (χ1) is 9.69. The average Bonchev–Trinajstić information content (AvgIpc) is 2.90. The predicted octanol–water partition coefficient (Wildman–Crippen LogP) is 3.42. The molecule has 4 nitrogen and oxygen atoms in total. The topological polar surface area (TPSA) is 58.0 Å². The van der Waals surface area contributed by atoms with Crippen molar-refractivity contribution >= 4 is 17.4 Å². The molecule has 0 unspecified atom stereocenters. The Labute approximate surface area is 122 Å². The minimum Gasteiger partial charge on any atom is -0.506 e. The fourth-order valence-electron chi connectivity index (χ4n) is 2.52. The summed E-state index contributed by atoms with van der Waals surface area (Å²) in [5.74, 6) is 1.65. The average molecular weight is 290 g/mol. The number of anilines is 1. The van der Waals surface area contributed by atoms with Gasteiger partial charge in [-0.05, 0) is 44.4 Å². The lowest BCUT2D eigenvalue weighted by Gasteiger charge is -2.11. The Hall–Kier alpha value is -1.81. The van der Waals surface area contributed by atoms with Crippen LogP contribution in [-0.4, -0.2) is 21.6 Å².